The van der Waals surface area contributed by atoms with Crippen LogP contribution in [0.4, 0.5) is 16.2 Å². The maximum Gasteiger partial charge on any atom is 0.414 e. The molecule has 0 atom stereocenters. The third-order valence-corrected chi connectivity index (χ3v) is 5.04. The van der Waals surface area contributed by atoms with Gasteiger partial charge in [0.25, 0.3) is 0 Å². The summed E-state index contributed by atoms with van der Waals surface area (Å²) in [5.74, 6) is 0. The van der Waals surface area contributed by atoms with Gasteiger partial charge in [-0.05, 0) is 41.8 Å². The van der Waals surface area contributed by atoms with Crippen molar-refractivity contribution in [1.82, 2.24) is 0 Å². The molecule has 0 aliphatic carbocycles. The summed E-state index contributed by atoms with van der Waals surface area (Å²) in [6.07, 6.45) is 0.571. The largest absolute Gasteiger partial charge is 0.447 e. The molecular formula is C19H16ClN3O2. The van der Waals surface area contributed by atoms with Crippen LogP contribution >= 0.6 is 11.6 Å². The van der Waals surface area contributed by atoms with E-state index in [-0.39, 0.29) is 6.09 Å². The van der Waals surface area contributed by atoms with Gasteiger partial charge in [-0.15, -0.1) is 0 Å². The van der Waals surface area contributed by atoms with E-state index in [1.165, 1.54) is 11.1 Å². The monoisotopic (exact) mass is 353 g/mol. The van der Waals surface area contributed by atoms with E-state index in [0.29, 0.717) is 23.7 Å². The lowest BCUT2D eigenvalue weighted by atomic mass is 9.96. The molecule has 1 saturated heterocycles. The molecule has 1 amide bonds. The molecule has 126 valence electrons. The van der Waals surface area contributed by atoms with Crippen LogP contribution in [-0.2, 0) is 17.7 Å². The Bertz CT molecular complexity index is 891. The lowest BCUT2D eigenvalue weighted by Crippen LogP contribution is -2.33. The van der Waals surface area contributed by atoms with E-state index in [1.807, 2.05) is 24.3 Å². The molecule has 0 radical (unpaired) electrons. The van der Waals surface area contributed by atoms with Gasteiger partial charge < -0.3 is 9.64 Å². The van der Waals surface area contributed by atoms with Crippen LogP contribution in [0.3, 0.4) is 0 Å². The van der Waals surface area contributed by atoms with Crippen molar-refractivity contribution >= 4 is 29.1 Å². The summed E-state index contributed by atoms with van der Waals surface area (Å²) in [5.41, 5.74) is 4.84. The highest BCUT2D eigenvalue weighted by Gasteiger charge is 2.28. The number of anilines is 2. The highest BCUT2D eigenvalue weighted by atomic mass is 35.5. The number of cyclic esters (lactones) is 1. The maximum absolute atomic E-state index is 11.9. The van der Waals surface area contributed by atoms with Gasteiger partial charge >= 0.3 is 6.09 Å². The van der Waals surface area contributed by atoms with Gasteiger partial charge in [-0.25, -0.2) is 4.79 Å². The minimum Gasteiger partial charge on any atom is -0.447 e. The van der Waals surface area contributed by atoms with Gasteiger partial charge in [0.1, 0.15) is 12.7 Å². The van der Waals surface area contributed by atoms with Crippen LogP contribution in [0.25, 0.3) is 0 Å². The minimum absolute atomic E-state index is 0.269. The highest BCUT2D eigenvalue weighted by Crippen LogP contribution is 2.33. The zero-order valence-electron chi connectivity index (χ0n) is 13.5. The van der Waals surface area contributed by atoms with Gasteiger partial charge in [-0.1, -0.05) is 23.7 Å². The van der Waals surface area contributed by atoms with E-state index in [0.717, 1.165) is 30.9 Å². The Morgan fingerprint density at radius 3 is 2.80 bits per heavy atom. The number of carbonyl (C=O) groups excluding carboxylic acids is 1. The minimum atomic E-state index is -0.269. The second-order valence-electron chi connectivity index (χ2n) is 6.13. The van der Waals surface area contributed by atoms with E-state index in [1.54, 1.807) is 11.0 Å². The zero-order chi connectivity index (χ0) is 17.4. The number of hydrogen-bond acceptors (Lipinski definition) is 4. The lowest BCUT2D eigenvalue weighted by Gasteiger charge is -2.33. The third-order valence-electron chi connectivity index (χ3n) is 4.73. The topological polar surface area (TPSA) is 56.6 Å². The normalized spacial score (nSPS) is 16.4. The molecule has 2 heterocycles. The van der Waals surface area contributed by atoms with E-state index in [9.17, 15) is 4.79 Å². The van der Waals surface area contributed by atoms with E-state index < -0.39 is 0 Å². The Labute approximate surface area is 151 Å². The SMILES string of the molecule is N#Cc1ccc(N2CCc3c(cccc3N3CCOC3=O)C2)cc1Cl. The standard InChI is InChI=1S/C19H16ClN3O2/c20-17-10-15(5-4-13(17)11-21)22-7-6-16-14(12-22)2-1-3-18(16)23-8-9-25-19(23)24/h1-5,10H,6-9,12H2. The number of amides is 1. The van der Waals surface area contributed by atoms with Crippen LogP contribution in [-0.4, -0.2) is 25.8 Å². The first kappa shape index (κ1) is 15.8. The molecule has 1 fully saturated rings. The van der Waals surface area contributed by atoms with Crippen molar-refractivity contribution in [3.05, 3.63) is 58.1 Å². The van der Waals surface area contributed by atoms with Crippen LogP contribution < -0.4 is 9.80 Å². The van der Waals surface area contributed by atoms with Crippen LogP contribution in [0, 0.1) is 11.3 Å². The van der Waals surface area contributed by atoms with Crippen LogP contribution in [0.1, 0.15) is 16.7 Å². The van der Waals surface area contributed by atoms with Crippen molar-refractivity contribution in [3.63, 3.8) is 0 Å². The zero-order valence-corrected chi connectivity index (χ0v) is 14.3. The van der Waals surface area contributed by atoms with Gasteiger partial charge in [0.2, 0.25) is 0 Å². The Kier molecular flexibility index (Phi) is 3.98. The number of ether oxygens (including phenoxy) is 1. The smallest absolute Gasteiger partial charge is 0.414 e. The number of nitrogens with zero attached hydrogens (tertiary/aromatic N) is 3. The van der Waals surface area contributed by atoms with Gasteiger partial charge in [-0.3, -0.25) is 4.90 Å². The van der Waals surface area contributed by atoms with Crippen molar-refractivity contribution in [3.8, 4) is 6.07 Å². The second kappa shape index (κ2) is 6.30. The Balaban J connectivity index is 1.63. The van der Waals surface area contributed by atoms with Crippen molar-refractivity contribution in [2.75, 3.05) is 29.5 Å². The van der Waals surface area contributed by atoms with E-state index >= 15 is 0 Å². The Morgan fingerprint density at radius 1 is 1.20 bits per heavy atom. The number of carbonyl (C=O) groups is 1. The molecule has 6 heteroatoms. The molecule has 4 rings (SSSR count). The summed E-state index contributed by atoms with van der Waals surface area (Å²) < 4.78 is 5.07. The number of hydrogen-bond donors (Lipinski definition) is 0. The third kappa shape index (κ3) is 2.79. The number of halogens is 1. The van der Waals surface area contributed by atoms with Gasteiger partial charge in [-0.2, -0.15) is 5.26 Å². The molecule has 0 saturated carbocycles. The molecule has 25 heavy (non-hydrogen) atoms. The summed E-state index contributed by atoms with van der Waals surface area (Å²) in [7, 11) is 0. The first-order chi connectivity index (χ1) is 12.2. The number of benzene rings is 2. The predicted octanol–water partition coefficient (Wildman–Crippen LogP) is 3.73. The summed E-state index contributed by atoms with van der Waals surface area (Å²) in [5, 5.41) is 9.49. The Morgan fingerprint density at radius 2 is 2.08 bits per heavy atom. The van der Waals surface area contributed by atoms with Crippen molar-refractivity contribution < 1.29 is 9.53 Å². The Hall–Kier alpha value is -2.71. The fourth-order valence-electron chi connectivity index (χ4n) is 3.47. The predicted molar refractivity (Wildman–Crippen MR) is 96.1 cm³/mol. The van der Waals surface area contributed by atoms with Crippen LogP contribution in [0.15, 0.2) is 36.4 Å². The van der Waals surface area contributed by atoms with E-state index in [4.69, 9.17) is 21.6 Å². The average Bonchev–Trinajstić information content (AvgIpc) is 3.06. The summed E-state index contributed by atoms with van der Waals surface area (Å²) >= 11 is 6.17. The molecular weight excluding hydrogens is 338 g/mol. The van der Waals surface area contributed by atoms with Gasteiger partial charge in [0, 0.05) is 18.8 Å². The lowest BCUT2D eigenvalue weighted by molar-refractivity contribution is 0.181. The molecule has 0 N–H and O–H groups in total. The molecule has 2 aromatic carbocycles. The highest BCUT2D eigenvalue weighted by molar-refractivity contribution is 6.32. The fourth-order valence-corrected chi connectivity index (χ4v) is 3.68. The summed E-state index contributed by atoms with van der Waals surface area (Å²) in [4.78, 5) is 15.8. The quantitative estimate of drug-likeness (QED) is 0.825. The van der Waals surface area contributed by atoms with Crippen LogP contribution in [0.2, 0.25) is 5.02 Å². The fraction of sp³-hybridized carbons (Fsp3) is 0.263. The van der Waals surface area contributed by atoms with Gasteiger partial charge in [0.05, 0.1) is 22.8 Å². The first-order valence-electron chi connectivity index (χ1n) is 8.17. The molecule has 5 nitrogen and oxygen atoms in total. The van der Waals surface area contributed by atoms with Crippen molar-refractivity contribution in [1.29, 1.82) is 5.26 Å². The molecule has 2 aliphatic heterocycles. The number of nitriles is 1. The van der Waals surface area contributed by atoms with Crippen LogP contribution in [0.5, 0.6) is 0 Å². The molecule has 2 aromatic rings. The van der Waals surface area contributed by atoms with Gasteiger partial charge in [0.15, 0.2) is 0 Å². The maximum atomic E-state index is 11.9. The summed E-state index contributed by atoms with van der Waals surface area (Å²) in [6.45, 7) is 2.62. The van der Waals surface area contributed by atoms with Crippen molar-refractivity contribution in [2.45, 2.75) is 13.0 Å². The number of rotatable bonds is 2. The molecule has 2 aliphatic rings. The average molecular weight is 354 g/mol. The molecule has 0 aromatic heterocycles. The molecule has 0 unspecified atom stereocenters. The first-order valence-corrected chi connectivity index (χ1v) is 8.55. The van der Waals surface area contributed by atoms with Crippen molar-refractivity contribution in [2.24, 2.45) is 0 Å². The van der Waals surface area contributed by atoms with E-state index in [2.05, 4.69) is 17.0 Å². The molecule has 0 spiro atoms. The number of fused-ring (bicyclic) bond motifs is 1. The summed E-state index contributed by atoms with van der Waals surface area (Å²) in [6, 6.07) is 13.7. The second-order valence-corrected chi connectivity index (χ2v) is 6.54. The molecule has 0 bridgehead atoms.